The summed E-state index contributed by atoms with van der Waals surface area (Å²) in [5.74, 6) is -0.115. The number of carbonyl (C=O) groups excluding carboxylic acids is 2. The summed E-state index contributed by atoms with van der Waals surface area (Å²) in [6.45, 7) is 3.70. The van der Waals surface area contributed by atoms with Gasteiger partial charge in [-0.3, -0.25) is 9.59 Å². The molecule has 0 aliphatic heterocycles. The number of amides is 1. The standard InChI is InChI=1S/C13H19N3O2S/c1-3-7-13(2,14)11(18)16-12-15-8-5-4-6-9(17)10(8)19-12/h3-7,14H2,1-2H3,(H,15,16,18). The predicted octanol–water partition coefficient (Wildman–Crippen LogP) is 2.12. The normalized spacial score (nSPS) is 17.7. The topological polar surface area (TPSA) is 85.1 Å². The first-order valence-corrected chi connectivity index (χ1v) is 7.39. The van der Waals surface area contributed by atoms with E-state index in [2.05, 4.69) is 10.3 Å². The van der Waals surface area contributed by atoms with Crippen LogP contribution in [0.15, 0.2) is 0 Å². The molecule has 0 spiro atoms. The van der Waals surface area contributed by atoms with Gasteiger partial charge < -0.3 is 11.1 Å². The minimum Gasteiger partial charge on any atom is -0.318 e. The number of nitrogens with two attached hydrogens (primary N) is 1. The van der Waals surface area contributed by atoms with Gasteiger partial charge in [-0.05, 0) is 26.2 Å². The number of thiazole rings is 1. The van der Waals surface area contributed by atoms with Gasteiger partial charge in [-0.25, -0.2) is 4.98 Å². The number of hydrogen-bond donors (Lipinski definition) is 2. The average molecular weight is 281 g/mol. The minimum atomic E-state index is -0.898. The highest BCUT2D eigenvalue weighted by atomic mass is 32.1. The molecule has 0 fully saturated rings. The minimum absolute atomic E-state index is 0.128. The highest BCUT2D eigenvalue weighted by Crippen LogP contribution is 2.30. The molecule has 1 atom stereocenters. The lowest BCUT2D eigenvalue weighted by atomic mass is 9.97. The molecular formula is C13H19N3O2S. The summed E-state index contributed by atoms with van der Waals surface area (Å²) in [5.41, 5.74) is 5.88. The average Bonchev–Trinajstić information content (AvgIpc) is 2.73. The van der Waals surface area contributed by atoms with Crippen molar-refractivity contribution in [3.63, 3.8) is 0 Å². The Balaban J connectivity index is 2.12. The Bertz CT molecular complexity index is 508. The monoisotopic (exact) mass is 281 g/mol. The number of nitrogens with zero attached hydrogens (tertiary/aromatic N) is 1. The Labute approximate surface area is 116 Å². The van der Waals surface area contributed by atoms with Crippen LogP contribution in [0.2, 0.25) is 0 Å². The number of Topliss-reactive ketones (excluding diaryl/α,β-unsaturated/α-hetero) is 1. The fraction of sp³-hybridized carbons (Fsp3) is 0.615. The number of fused-ring (bicyclic) bond motifs is 1. The molecule has 1 aromatic rings. The van der Waals surface area contributed by atoms with Crippen LogP contribution in [0.4, 0.5) is 5.13 Å². The number of nitrogens with one attached hydrogen (secondary N) is 1. The summed E-state index contributed by atoms with van der Waals surface area (Å²) < 4.78 is 0. The van der Waals surface area contributed by atoms with E-state index in [0.29, 0.717) is 22.9 Å². The Morgan fingerprint density at radius 3 is 2.89 bits per heavy atom. The summed E-state index contributed by atoms with van der Waals surface area (Å²) in [4.78, 5) is 28.8. The number of ketones is 1. The first-order valence-electron chi connectivity index (χ1n) is 6.57. The summed E-state index contributed by atoms with van der Waals surface area (Å²) in [6.07, 6.45) is 3.68. The van der Waals surface area contributed by atoms with Gasteiger partial charge in [0.1, 0.15) is 0 Å². The highest BCUT2D eigenvalue weighted by molar-refractivity contribution is 7.17. The lowest BCUT2D eigenvalue weighted by Crippen LogP contribution is -2.48. The zero-order valence-electron chi connectivity index (χ0n) is 11.3. The van der Waals surface area contributed by atoms with Crippen molar-refractivity contribution in [3.8, 4) is 0 Å². The number of hydrogen-bond acceptors (Lipinski definition) is 5. The zero-order chi connectivity index (χ0) is 14.0. The summed E-state index contributed by atoms with van der Waals surface area (Å²) in [6, 6.07) is 0. The Kier molecular flexibility index (Phi) is 4.01. The van der Waals surface area contributed by atoms with E-state index in [4.69, 9.17) is 5.73 Å². The highest BCUT2D eigenvalue weighted by Gasteiger charge is 2.29. The van der Waals surface area contributed by atoms with Gasteiger partial charge in [0.25, 0.3) is 0 Å². The predicted molar refractivity (Wildman–Crippen MR) is 75.5 cm³/mol. The van der Waals surface area contributed by atoms with Crippen LogP contribution in [0.25, 0.3) is 0 Å². The molecule has 0 saturated carbocycles. The van der Waals surface area contributed by atoms with E-state index >= 15 is 0 Å². The van der Waals surface area contributed by atoms with Crippen LogP contribution < -0.4 is 11.1 Å². The van der Waals surface area contributed by atoms with Crippen LogP contribution in [-0.4, -0.2) is 22.2 Å². The van der Waals surface area contributed by atoms with Gasteiger partial charge in [-0.15, -0.1) is 0 Å². The van der Waals surface area contributed by atoms with E-state index < -0.39 is 5.54 Å². The lowest BCUT2D eigenvalue weighted by Gasteiger charge is -2.21. The van der Waals surface area contributed by atoms with Gasteiger partial charge in [-0.1, -0.05) is 24.7 Å². The molecule has 1 aromatic heterocycles. The molecule has 1 amide bonds. The smallest absolute Gasteiger partial charge is 0.245 e. The maximum absolute atomic E-state index is 12.1. The molecule has 3 N–H and O–H groups in total. The molecule has 0 aromatic carbocycles. The maximum atomic E-state index is 12.1. The van der Waals surface area contributed by atoms with Crippen molar-refractivity contribution in [2.24, 2.45) is 5.73 Å². The van der Waals surface area contributed by atoms with Crippen LogP contribution in [0, 0.1) is 0 Å². The molecule has 1 unspecified atom stereocenters. The van der Waals surface area contributed by atoms with Crippen molar-refractivity contribution in [1.82, 2.24) is 4.98 Å². The molecule has 1 aliphatic carbocycles. The fourth-order valence-corrected chi connectivity index (χ4v) is 3.17. The van der Waals surface area contributed by atoms with E-state index in [1.54, 1.807) is 6.92 Å². The number of aromatic nitrogens is 1. The summed E-state index contributed by atoms with van der Waals surface area (Å²) in [7, 11) is 0. The van der Waals surface area contributed by atoms with E-state index in [1.165, 1.54) is 11.3 Å². The molecule has 5 nitrogen and oxygen atoms in total. The molecule has 1 aliphatic rings. The van der Waals surface area contributed by atoms with Crippen molar-refractivity contribution in [2.75, 3.05) is 5.32 Å². The van der Waals surface area contributed by atoms with Gasteiger partial charge >= 0.3 is 0 Å². The third kappa shape index (κ3) is 3.01. The second-order valence-corrected chi connectivity index (χ2v) is 6.19. The third-order valence-corrected chi connectivity index (χ3v) is 4.33. The van der Waals surface area contributed by atoms with E-state index in [9.17, 15) is 9.59 Å². The molecule has 0 saturated heterocycles. The number of carbonyl (C=O) groups is 2. The maximum Gasteiger partial charge on any atom is 0.245 e. The molecule has 0 radical (unpaired) electrons. The van der Waals surface area contributed by atoms with Crippen LogP contribution in [0.5, 0.6) is 0 Å². The second-order valence-electron chi connectivity index (χ2n) is 5.19. The molecule has 1 heterocycles. The van der Waals surface area contributed by atoms with E-state index in [-0.39, 0.29) is 11.7 Å². The van der Waals surface area contributed by atoms with Crippen molar-refractivity contribution >= 4 is 28.2 Å². The van der Waals surface area contributed by atoms with Crippen molar-refractivity contribution in [3.05, 3.63) is 10.6 Å². The van der Waals surface area contributed by atoms with Crippen LogP contribution >= 0.6 is 11.3 Å². The molecule has 0 bridgehead atoms. The first-order chi connectivity index (χ1) is 8.94. The molecule has 19 heavy (non-hydrogen) atoms. The number of rotatable bonds is 4. The number of aryl methyl sites for hydroxylation is 1. The Morgan fingerprint density at radius 1 is 1.53 bits per heavy atom. The molecule has 6 heteroatoms. The van der Waals surface area contributed by atoms with Crippen LogP contribution in [0.3, 0.4) is 0 Å². The van der Waals surface area contributed by atoms with Crippen LogP contribution in [0.1, 0.15) is 54.9 Å². The lowest BCUT2D eigenvalue weighted by molar-refractivity contribution is -0.120. The van der Waals surface area contributed by atoms with E-state index in [0.717, 1.165) is 25.0 Å². The Hall–Kier alpha value is -1.27. The number of anilines is 1. The molecule has 104 valence electrons. The van der Waals surface area contributed by atoms with Crippen molar-refractivity contribution < 1.29 is 9.59 Å². The summed E-state index contributed by atoms with van der Waals surface area (Å²) in [5, 5.41) is 3.22. The molecular weight excluding hydrogens is 262 g/mol. The molecule has 2 rings (SSSR count). The Morgan fingerprint density at radius 2 is 2.26 bits per heavy atom. The zero-order valence-corrected chi connectivity index (χ0v) is 12.1. The summed E-state index contributed by atoms with van der Waals surface area (Å²) >= 11 is 1.26. The van der Waals surface area contributed by atoms with Gasteiger partial charge in [0, 0.05) is 6.42 Å². The van der Waals surface area contributed by atoms with Crippen molar-refractivity contribution in [2.45, 2.75) is 51.5 Å². The third-order valence-electron chi connectivity index (χ3n) is 3.28. The largest absolute Gasteiger partial charge is 0.318 e. The quantitative estimate of drug-likeness (QED) is 0.885. The van der Waals surface area contributed by atoms with Crippen molar-refractivity contribution in [1.29, 1.82) is 0 Å². The first kappa shape index (κ1) is 14.1. The fourth-order valence-electron chi connectivity index (χ4n) is 2.20. The second kappa shape index (κ2) is 5.38. The SMILES string of the molecule is CCCC(C)(N)C(=O)Nc1nc2c(s1)C(=O)CCC2. The van der Waals surface area contributed by atoms with Gasteiger partial charge in [0.15, 0.2) is 10.9 Å². The van der Waals surface area contributed by atoms with E-state index in [1.807, 2.05) is 6.92 Å². The van der Waals surface area contributed by atoms with Gasteiger partial charge in [0.05, 0.1) is 16.1 Å². The van der Waals surface area contributed by atoms with Crippen LogP contribution in [-0.2, 0) is 11.2 Å². The van der Waals surface area contributed by atoms with Gasteiger partial charge in [-0.2, -0.15) is 0 Å². The van der Waals surface area contributed by atoms with Gasteiger partial charge in [0.2, 0.25) is 5.91 Å².